The molecular formula is C16H31NO2. The minimum atomic E-state index is -0.264. The predicted octanol–water partition coefficient (Wildman–Crippen LogP) is 2.71. The van der Waals surface area contributed by atoms with Gasteiger partial charge in [-0.25, -0.2) is 0 Å². The molecular weight excluding hydrogens is 238 g/mol. The Hall–Kier alpha value is -0.120. The Morgan fingerprint density at radius 2 is 2.05 bits per heavy atom. The summed E-state index contributed by atoms with van der Waals surface area (Å²) in [6.45, 7) is 4.47. The number of hydrogen-bond acceptors (Lipinski definition) is 3. The largest absolute Gasteiger partial charge is 0.392 e. The maximum atomic E-state index is 10.8. The zero-order valence-corrected chi connectivity index (χ0v) is 12.4. The van der Waals surface area contributed by atoms with Crippen LogP contribution in [0, 0.1) is 17.3 Å². The highest BCUT2D eigenvalue weighted by Crippen LogP contribution is 2.45. The van der Waals surface area contributed by atoms with Crippen LogP contribution in [0.4, 0.5) is 0 Å². The molecule has 1 saturated carbocycles. The highest BCUT2D eigenvalue weighted by atomic mass is 16.5. The van der Waals surface area contributed by atoms with Crippen molar-refractivity contribution in [3.63, 3.8) is 0 Å². The van der Waals surface area contributed by atoms with Gasteiger partial charge in [-0.3, -0.25) is 0 Å². The summed E-state index contributed by atoms with van der Waals surface area (Å²) in [5.41, 5.74) is 6.03. The lowest BCUT2D eigenvalue weighted by molar-refractivity contribution is -0.0852. The topological polar surface area (TPSA) is 55.5 Å². The molecule has 112 valence electrons. The van der Waals surface area contributed by atoms with Gasteiger partial charge in [-0.15, -0.1) is 0 Å². The molecule has 1 aliphatic heterocycles. The van der Waals surface area contributed by atoms with Gasteiger partial charge in [0.1, 0.15) is 0 Å². The Bertz CT molecular complexity index is 255. The first-order valence-electron chi connectivity index (χ1n) is 8.17. The van der Waals surface area contributed by atoms with Crippen molar-refractivity contribution in [2.75, 3.05) is 19.8 Å². The van der Waals surface area contributed by atoms with E-state index in [1.807, 2.05) is 0 Å². The molecule has 2 unspecified atom stereocenters. The van der Waals surface area contributed by atoms with E-state index in [4.69, 9.17) is 10.5 Å². The molecule has 1 aliphatic carbocycles. The monoisotopic (exact) mass is 269 g/mol. The zero-order valence-electron chi connectivity index (χ0n) is 12.4. The zero-order chi connectivity index (χ0) is 13.7. The van der Waals surface area contributed by atoms with Gasteiger partial charge in [0, 0.05) is 24.5 Å². The molecule has 1 saturated heterocycles. The predicted molar refractivity (Wildman–Crippen MR) is 77.9 cm³/mol. The lowest BCUT2D eigenvalue weighted by atomic mass is 9.63. The van der Waals surface area contributed by atoms with Crippen molar-refractivity contribution in [1.29, 1.82) is 0 Å². The molecule has 1 heterocycles. The molecule has 2 atom stereocenters. The molecule has 0 amide bonds. The van der Waals surface area contributed by atoms with Crippen LogP contribution in [0.25, 0.3) is 0 Å². The van der Waals surface area contributed by atoms with Gasteiger partial charge < -0.3 is 15.6 Å². The van der Waals surface area contributed by atoms with Crippen molar-refractivity contribution in [3.05, 3.63) is 0 Å². The first-order valence-corrected chi connectivity index (χ1v) is 8.17. The van der Waals surface area contributed by atoms with Crippen LogP contribution in [0.15, 0.2) is 0 Å². The van der Waals surface area contributed by atoms with E-state index in [2.05, 4.69) is 6.92 Å². The van der Waals surface area contributed by atoms with Gasteiger partial charge in [0.15, 0.2) is 0 Å². The van der Waals surface area contributed by atoms with E-state index in [0.717, 1.165) is 44.8 Å². The van der Waals surface area contributed by atoms with Crippen molar-refractivity contribution in [2.24, 2.45) is 23.0 Å². The molecule has 0 aromatic carbocycles. The lowest BCUT2D eigenvalue weighted by Gasteiger charge is -2.46. The first kappa shape index (κ1) is 15.3. The molecule has 2 aliphatic rings. The molecule has 0 aromatic heterocycles. The van der Waals surface area contributed by atoms with E-state index in [1.54, 1.807) is 0 Å². The first-order chi connectivity index (χ1) is 9.22. The van der Waals surface area contributed by atoms with Crippen molar-refractivity contribution in [2.45, 2.75) is 64.4 Å². The molecule has 0 bridgehead atoms. The Kier molecular flexibility index (Phi) is 5.67. The van der Waals surface area contributed by atoms with Crippen LogP contribution >= 0.6 is 0 Å². The van der Waals surface area contributed by atoms with Crippen LogP contribution in [0.3, 0.4) is 0 Å². The van der Waals surface area contributed by atoms with Gasteiger partial charge in [-0.05, 0) is 44.4 Å². The van der Waals surface area contributed by atoms with E-state index in [-0.39, 0.29) is 11.5 Å². The Morgan fingerprint density at radius 1 is 1.32 bits per heavy atom. The number of aliphatic hydroxyl groups excluding tert-OH is 1. The molecule has 19 heavy (non-hydrogen) atoms. The fourth-order valence-electron chi connectivity index (χ4n) is 4.08. The SMILES string of the molecule is CCCC1CCC(CN)(C(O)C2CCCOC2)CC1. The van der Waals surface area contributed by atoms with Crippen molar-refractivity contribution in [1.82, 2.24) is 0 Å². The number of aliphatic hydroxyl groups is 1. The van der Waals surface area contributed by atoms with Crippen molar-refractivity contribution in [3.8, 4) is 0 Å². The minimum absolute atomic E-state index is 0.0321. The van der Waals surface area contributed by atoms with Gasteiger partial charge in [0.25, 0.3) is 0 Å². The summed E-state index contributed by atoms with van der Waals surface area (Å²) >= 11 is 0. The van der Waals surface area contributed by atoms with Crippen molar-refractivity contribution >= 4 is 0 Å². The van der Waals surface area contributed by atoms with Gasteiger partial charge >= 0.3 is 0 Å². The number of nitrogens with two attached hydrogens (primary N) is 1. The summed E-state index contributed by atoms with van der Waals surface area (Å²) in [4.78, 5) is 0. The molecule has 3 nitrogen and oxygen atoms in total. The Morgan fingerprint density at radius 3 is 2.58 bits per heavy atom. The summed E-state index contributed by atoms with van der Waals surface area (Å²) in [5, 5.41) is 10.8. The summed E-state index contributed by atoms with van der Waals surface area (Å²) in [6.07, 6.45) is 9.23. The lowest BCUT2D eigenvalue weighted by Crippen LogP contribution is -2.49. The average Bonchev–Trinajstić information content (AvgIpc) is 2.49. The smallest absolute Gasteiger partial charge is 0.0658 e. The maximum Gasteiger partial charge on any atom is 0.0658 e. The number of rotatable bonds is 5. The standard InChI is InChI=1S/C16H31NO2/c1-2-4-13-6-8-16(12-17,9-7-13)15(18)14-5-3-10-19-11-14/h13-15,18H,2-12,17H2,1H3. The molecule has 2 fully saturated rings. The summed E-state index contributed by atoms with van der Waals surface area (Å²) < 4.78 is 5.54. The van der Waals surface area contributed by atoms with Crippen LogP contribution < -0.4 is 5.73 Å². The highest BCUT2D eigenvalue weighted by Gasteiger charge is 2.43. The molecule has 0 aromatic rings. The van der Waals surface area contributed by atoms with Gasteiger partial charge in [0.2, 0.25) is 0 Å². The second-order valence-corrected chi connectivity index (χ2v) is 6.72. The number of ether oxygens (including phenoxy) is 1. The average molecular weight is 269 g/mol. The fourth-order valence-corrected chi connectivity index (χ4v) is 4.08. The quantitative estimate of drug-likeness (QED) is 0.807. The molecule has 2 rings (SSSR count). The van der Waals surface area contributed by atoms with Crippen LogP contribution in [0.5, 0.6) is 0 Å². The Balaban J connectivity index is 1.94. The number of hydrogen-bond donors (Lipinski definition) is 2. The van der Waals surface area contributed by atoms with E-state index < -0.39 is 0 Å². The third-order valence-corrected chi connectivity index (χ3v) is 5.47. The van der Waals surface area contributed by atoms with Crippen LogP contribution in [-0.4, -0.2) is 31.0 Å². The van der Waals surface area contributed by atoms with Crippen LogP contribution in [0.2, 0.25) is 0 Å². The van der Waals surface area contributed by atoms with Gasteiger partial charge in [0.05, 0.1) is 12.7 Å². The minimum Gasteiger partial charge on any atom is -0.392 e. The third kappa shape index (κ3) is 3.50. The van der Waals surface area contributed by atoms with E-state index in [0.29, 0.717) is 12.5 Å². The second kappa shape index (κ2) is 7.05. The normalized spacial score (nSPS) is 38.1. The summed E-state index contributed by atoms with van der Waals surface area (Å²) in [7, 11) is 0. The summed E-state index contributed by atoms with van der Waals surface area (Å²) in [6, 6.07) is 0. The Labute approximate surface area is 117 Å². The van der Waals surface area contributed by atoms with E-state index in [9.17, 15) is 5.11 Å². The fraction of sp³-hybridized carbons (Fsp3) is 1.00. The second-order valence-electron chi connectivity index (χ2n) is 6.72. The van der Waals surface area contributed by atoms with Crippen LogP contribution in [0.1, 0.15) is 58.3 Å². The molecule has 0 radical (unpaired) electrons. The van der Waals surface area contributed by atoms with Crippen LogP contribution in [-0.2, 0) is 4.74 Å². The van der Waals surface area contributed by atoms with E-state index in [1.165, 1.54) is 25.7 Å². The summed E-state index contributed by atoms with van der Waals surface area (Å²) in [5.74, 6) is 1.17. The third-order valence-electron chi connectivity index (χ3n) is 5.47. The highest BCUT2D eigenvalue weighted by molar-refractivity contribution is 4.95. The van der Waals surface area contributed by atoms with Gasteiger partial charge in [-0.2, -0.15) is 0 Å². The maximum absolute atomic E-state index is 10.8. The van der Waals surface area contributed by atoms with E-state index >= 15 is 0 Å². The molecule has 3 N–H and O–H groups in total. The molecule has 0 spiro atoms. The van der Waals surface area contributed by atoms with Gasteiger partial charge in [-0.1, -0.05) is 19.8 Å². The van der Waals surface area contributed by atoms with Crippen molar-refractivity contribution < 1.29 is 9.84 Å². The molecule has 3 heteroatoms.